The minimum Gasteiger partial charge on any atom is -0.207 e. The van der Waals surface area contributed by atoms with Crippen LogP contribution in [0.5, 0.6) is 0 Å². The van der Waals surface area contributed by atoms with E-state index < -0.39 is 25.9 Å². The molecule has 160 valence electrons. The highest BCUT2D eigenvalue weighted by atomic mass is 32.2. The van der Waals surface area contributed by atoms with Gasteiger partial charge >= 0.3 is 0 Å². The molecular weight excluding hydrogens is 415 g/mol. The first kappa shape index (κ1) is 23.5. The van der Waals surface area contributed by atoms with Crippen molar-refractivity contribution in [2.45, 2.75) is 42.5 Å². The Hall–Kier alpha value is -1.81. The molecule has 0 aromatic heterocycles. The molecule has 0 N–H and O–H groups in total. The van der Waals surface area contributed by atoms with Crippen molar-refractivity contribution in [3.05, 3.63) is 59.9 Å². The number of unbranched alkanes of at least 4 members (excludes halogenated alkanes) is 2. The van der Waals surface area contributed by atoms with E-state index in [1.54, 1.807) is 12.1 Å². The molecule has 0 saturated heterocycles. The first-order chi connectivity index (χ1) is 13.6. The maximum absolute atomic E-state index is 13.3. The van der Waals surface area contributed by atoms with E-state index in [-0.39, 0.29) is 22.9 Å². The summed E-state index contributed by atoms with van der Waals surface area (Å²) in [6.07, 6.45) is 2.47. The van der Waals surface area contributed by atoms with Gasteiger partial charge in [-0.1, -0.05) is 38.0 Å². The molecule has 0 aliphatic rings. The molecule has 0 atom stereocenters. The molecule has 9 heteroatoms. The molecule has 2 rings (SSSR count). The largest absolute Gasteiger partial charge is 0.243 e. The van der Waals surface area contributed by atoms with Crippen LogP contribution in [0, 0.1) is 5.82 Å². The second-order valence-corrected chi connectivity index (χ2v) is 11.0. The molecule has 0 aliphatic carbocycles. The van der Waals surface area contributed by atoms with Crippen LogP contribution in [0.1, 0.15) is 31.7 Å². The van der Waals surface area contributed by atoms with Gasteiger partial charge in [-0.15, -0.1) is 0 Å². The summed E-state index contributed by atoms with van der Waals surface area (Å²) in [5, 5.41) is 0. The zero-order valence-corrected chi connectivity index (χ0v) is 18.5. The van der Waals surface area contributed by atoms with Crippen LogP contribution in [0.3, 0.4) is 0 Å². The van der Waals surface area contributed by atoms with E-state index in [0.29, 0.717) is 12.0 Å². The fourth-order valence-electron chi connectivity index (χ4n) is 2.77. The molecule has 6 nitrogen and oxygen atoms in total. The highest BCUT2D eigenvalue weighted by Crippen LogP contribution is 2.23. The highest BCUT2D eigenvalue weighted by Gasteiger charge is 2.27. The maximum Gasteiger partial charge on any atom is 0.243 e. The molecule has 2 aromatic carbocycles. The first-order valence-corrected chi connectivity index (χ1v) is 12.2. The minimum atomic E-state index is -3.94. The molecule has 0 spiro atoms. The van der Waals surface area contributed by atoms with Crippen molar-refractivity contribution in [3.63, 3.8) is 0 Å². The molecule has 0 heterocycles. The van der Waals surface area contributed by atoms with E-state index in [2.05, 4.69) is 0 Å². The molecule has 0 amide bonds. The van der Waals surface area contributed by atoms with Gasteiger partial charge in [0.25, 0.3) is 0 Å². The van der Waals surface area contributed by atoms with E-state index in [0.717, 1.165) is 17.1 Å². The number of benzene rings is 2. The third-order valence-corrected chi connectivity index (χ3v) is 8.16. The Kier molecular flexibility index (Phi) is 7.93. The normalized spacial score (nSPS) is 12.6. The summed E-state index contributed by atoms with van der Waals surface area (Å²) in [6, 6.07) is 11.0. The molecule has 0 radical (unpaired) electrons. The zero-order chi connectivity index (χ0) is 21.7. The predicted octanol–water partition coefficient (Wildman–Crippen LogP) is 3.46. The monoisotopic (exact) mass is 442 g/mol. The number of halogens is 1. The van der Waals surface area contributed by atoms with Crippen LogP contribution < -0.4 is 0 Å². The molecule has 2 aromatic rings. The summed E-state index contributed by atoms with van der Waals surface area (Å²) in [5.41, 5.74) is 0.656. The van der Waals surface area contributed by atoms with Gasteiger partial charge in [0.2, 0.25) is 20.0 Å². The van der Waals surface area contributed by atoms with E-state index in [1.165, 1.54) is 54.8 Å². The molecule has 0 bridgehead atoms. The second kappa shape index (κ2) is 9.80. The molecule has 29 heavy (non-hydrogen) atoms. The summed E-state index contributed by atoms with van der Waals surface area (Å²) in [5.74, 6) is -0.393. The Morgan fingerprint density at radius 1 is 0.862 bits per heavy atom. The molecule has 0 fully saturated rings. The summed E-state index contributed by atoms with van der Waals surface area (Å²) >= 11 is 0. The standard InChI is InChI=1S/C20H27FN2O4S2/c1-4-5-6-14-23(16-17-10-12-18(21)13-11-17)29(26,27)20-9-7-8-19(15-20)28(24,25)22(2)3/h7-13,15H,4-6,14,16H2,1-3H3. The minimum absolute atomic E-state index is 0.0803. The lowest BCUT2D eigenvalue weighted by Gasteiger charge is -2.23. The quantitative estimate of drug-likeness (QED) is 0.528. The molecule has 0 saturated carbocycles. The number of hydrogen-bond acceptors (Lipinski definition) is 4. The second-order valence-electron chi connectivity index (χ2n) is 6.93. The van der Waals surface area contributed by atoms with Crippen molar-refractivity contribution >= 4 is 20.0 Å². The third kappa shape index (κ3) is 5.85. The van der Waals surface area contributed by atoms with E-state index in [9.17, 15) is 21.2 Å². The van der Waals surface area contributed by atoms with Gasteiger partial charge in [0, 0.05) is 27.2 Å². The summed E-state index contributed by atoms with van der Waals surface area (Å²) in [4.78, 5) is -0.169. The van der Waals surface area contributed by atoms with Crippen molar-refractivity contribution in [2.75, 3.05) is 20.6 Å². The summed E-state index contributed by atoms with van der Waals surface area (Å²) in [7, 11) is -4.92. The van der Waals surface area contributed by atoms with E-state index >= 15 is 0 Å². The van der Waals surface area contributed by atoms with Crippen molar-refractivity contribution in [2.24, 2.45) is 0 Å². The Morgan fingerprint density at radius 2 is 1.45 bits per heavy atom. The zero-order valence-electron chi connectivity index (χ0n) is 16.9. The predicted molar refractivity (Wildman–Crippen MR) is 111 cm³/mol. The van der Waals surface area contributed by atoms with Crippen LogP contribution >= 0.6 is 0 Å². The topological polar surface area (TPSA) is 74.8 Å². The van der Waals surface area contributed by atoms with Crippen molar-refractivity contribution in [1.29, 1.82) is 0 Å². The lowest BCUT2D eigenvalue weighted by molar-refractivity contribution is 0.394. The third-order valence-electron chi connectivity index (χ3n) is 4.51. The Morgan fingerprint density at radius 3 is 2.00 bits per heavy atom. The van der Waals surface area contributed by atoms with E-state index in [4.69, 9.17) is 0 Å². The SMILES string of the molecule is CCCCCN(Cc1ccc(F)cc1)S(=O)(=O)c1cccc(S(=O)(=O)N(C)C)c1. The van der Waals surface area contributed by atoms with Crippen LogP contribution in [0.25, 0.3) is 0 Å². The smallest absolute Gasteiger partial charge is 0.207 e. The Bertz CT molecular complexity index is 1020. The number of nitrogens with zero attached hydrogens (tertiary/aromatic N) is 2. The number of sulfonamides is 2. The highest BCUT2D eigenvalue weighted by molar-refractivity contribution is 7.90. The van der Waals surface area contributed by atoms with Gasteiger partial charge in [0.15, 0.2) is 0 Å². The molecule has 0 unspecified atom stereocenters. The number of hydrogen-bond donors (Lipinski definition) is 0. The summed E-state index contributed by atoms with van der Waals surface area (Å²) < 4.78 is 66.9. The van der Waals surface area contributed by atoms with Crippen LogP contribution in [0.4, 0.5) is 4.39 Å². The van der Waals surface area contributed by atoms with Gasteiger partial charge in [-0.3, -0.25) is 0 Å². The van der Waals surface area contributed by atoms with Crippen LogP contribution in [0.15, 0.2) is 58.3 Å². The van der Waals surface area contributed by atoms with Gasteiger partial charge in [-0.2, -0.15) is 4.31 Å². The van der Waals surface area contributed by atoms with Gasteiger partial charge in [-0.25, -0.2) is 25.5 Å². The lowest BCUT2D eigenvalue weighted by Crippen LogP contribution is -2.32. The maximum atomic E-state index is 13.3. The average molecular weight is 443 g/mol. The first-order valence-electron chi connectivity index (χ1n) is 9.36. The number of rotatable bonds is 10. The van der Waals surface area contributed by atoms with Crippen LogP contribution in [-0.4, -0.2) is 46.1 Å². The van der Waals surface area contributed by atoms with E-state index in [1.807, 2.05) is 6.92 Å². The Labute approximate surface area is 173 Å². The molecule has 0 aliphatic heterocycles. The fraction of sp³-hybridized carbons (Fsp3) is 0.400. The fourth-order valence-corrected chi connectivity index (χ4v) is 5.31. The summed E-state index contributed by atoms with van der Waals surface area (Å²) in [6.45, 7) is 2.39. The van der Waals surface area contributed by atoms with Gasteiger partial charge < -0.3 is 0 Å². The van der Waals surface area contributed by atoms with Gasteiger partial charge in [-0.05, 0) is 42.3 Å². The van der Waals surface area contributed by atoms with Crippen molar-refractivity contribution in [3.8, 4) is 0 Å². The molecular formula is C20H27FN2O4S2. The van der Waals surface area contributed by atoms with Crippen molar-refractivity contribution < 1.29 is 21.2 Å². The lowest BCUT2D eigenvalue weighted by atomic mass is 10.2. The van der Waals surface area contributed by atoms with Crippen LogP contribution in [-0.2, 0) is 26.6 Å². The average Bonchev–Trinajstić information content (AvgIpc) is 2.68. The van der Waals surface area contributed by atoms with Crippen molar-refractivity contribution in [1.82, 2.24) is 8.61 Å². The van der Waals surface area contributed by atoms with Gasteiger partial charge in [0.1, 0.15) is 5.82 Å². The van der Waals surface area contributed by atoms with Crippen LogP contribution in [0.2, 0.25) is 0 Å². The Balaban J connectivity index is 2.41. The van der Waals surface area contributed by atoms with Gasteiger partial charge in [0.05, 0.1) is 9.79 Å².